The summed E-state index contributed by atoms with van der Waals surface area (Å²) in [7, 11) is 4.14. The lowest BCUT2D eigenvalue weighted by Crippen LogP contribution is -2.39. The molecule has 1 heterocycles. The van der Waals surface area contributed by atoms with Crippen molar-refractivity contribution >= 4 is 28.8 Å². The first kappa shape index (κ1) is 11.9. The van der Waals surface area contributed by atoms with Gasteiger partial charge in [-0.15, -0.1) is 11.8 Å². The van der Waals surface area contributed by atoms with E-state index < -0.39 is 0 Å². The van der Waals surface area contributed by atoms with Crippen molar-refractivity contribution in [3.05, 3.63) is 18.2 Å². The van der Waals surface area contributed by atoms with E-state index in [1.165, 1.54) is 16.3 Å². The minimum absolute atomic E-state index is 0.538. The molecule has 96 valence electrons. The van der Waals surface area contributed by atoms with Crippen LogP contribution in [0.15, 0.2) is 23.1 Å². The highest BCUT2D eigenvalue weighted by Crippen LogP contribution is 2.43. The van der Waals surface area contributed by atoms with Crippen LogP contribution in [0.4, 0.5) is 11.4 Å². The lowest BCUT2D eigenvalue weighted by molar-refractivity contribution is 0.597. The zero-order chi connectivity index (χ0) is 12.7. The van der Waals surface area contributed by atoms with Crippen LogP contribution in [0, 0.1) is 5.41 Å². The van der Waals surface area contributed by atoms with Crippen molar-refractivity contribution in [1.29, 1.82) is 5.41 Å². The van der Waals surface area contributed by atoms with Gasteiger partial charge in [0.05, 0.1) is 0 Å². The number of fused-ring (bicyclic) bond motifs is 2. The number of anilines is 2. The van der Waals surface area contributed by atoms with Crippen LogP contribution >= 0.6 is 11.8 Å². The fraction of sp³-hybridized carbons (Fsp3) is 0.500. The molecule has 2 atom stereocenters. The minimum Gasteiger partial charge on any atom is -0.380 e. The predicted molar refractivity (Wildman–Crippen MR) is 79.4 cm³/mol. The van der Waals surface area contributed by atoms with Crippen molar-refractivity contribution in [2.75, 3.05) is 24.3 Å². The Balaban J connectivity index is 1.89. The van der Waals surface area contributed by atoms with Crippen LogP contribution < -0.4 is 10.2 Å². The van der Waals surface area contributed by atoms with Gasteiger partial charge in [0.1, 0.15) is 0 Å². The van der Waals surface area contributed by atoms with E-state index in [2.05, 4.69) is 42.5 Å². The minimum atomic E-state index is 0.538. The molecule has 0 spiro atoms. The van der Waals surface area contributed by atoms with Crippen LogP contribution in [-0.2, 0) is 0 Å². The van der Waals surface area contributed by atoms with Crippen molar-refractivity contribution in [3.8, 4) is 0 Å². The molecule has 1 saturated carbocycles. The van der Waals surface area contributed by atoms with E-state index in [0.717, 1.165) is 25.0 Å². The van der Waals surface area contributed by atoms with Crippen LogP contribution in [0.5, 0.6) is 0 Å². The second kappa shape index (κ2) is 4.50. The van der Waals surface area contributed by atoms with Gasteiger partial charge < -0.3 is 15.6 Å². The largest absolute Gasteiger partial charge is 0.380 e. The van der Waals surface area contributed by atoms with Gasteiger partial charge in [0, 0.05) is 47.4 Å². The Hall–Kier alpha value is -1.16. The number of nitrogens with one attached hydrogen (secondary N) is 2. The molecule has 3 nitrogen and oxygen atoms in total. The fourth-order valence-electron chi connectivity index (χ4n) is 2.66. The molecule has 0 bridgehead atoms. The number of benzene rings is 1. The van der Waals surface area contributed by atoms with Gasteiger partial charge in [-0.2, -0.15) is 0 Å². The van der Waals surface area contributed by atoms with Gasteiger partial charge in [-0.1, -0.05) is 0 Å². The molecule has 0 radical (unpaired) electrons. The van der Waals surface area contributed by atoms with Crippen LogP contribution in [-0.4, -0.2) is 31.1 Å². The van der Waals surface area contributed by atoms with Crippen LogP contribution in [0.1, 0.15) is 19.3 Å². The maximum Gasteiger partial charge on any atom is 0.0482 e. The Labute approximate surface area is 112 Å². The van der Waals surface area contributed by atoms with Gasteiger partial charge in [-0.3, -0.25) is 0 Å². The summed E-state index contributed by atoms with van der Waals surface area (Å²) in [4.78, 5) is 3.47. The first-order valence-electron chi connectivity index (χ1n) is 6.44. The average molecular weight is 261 g/mol. The molecule has 2 aliphatic rings. The Morgan fingerprint density at radius 2 is 2.22 bits per heavy atom. The third kappa shape index (κ3) is 2.09. The van der Waals surface area contributed by atoms with Crippen molar-refractivity contribution in [2.45, 2.75) is 35.4 Å². The highest BCUT2D eigenvalue weighted by Gasteiger charge is 2.32. The summed E-state index contributed by atoms with van der Waals surface area (Å²) in [5, 5.41) is 12.0. The normalized spacial score (nSPS) is 26.0. The van der Waals surface area contributed by atoms with Gasteiger partial charge in [0.2, 0.25) is 0 Å². The predicted octanol–water partition coefficient (Wildman–Crippen LogP) is 3.21. The molecule has 1 aliphatic carbocycles. The summed E-state index contributed by atoms with van der Waals surface area (Å²) in [5.74, 6) is 0. The van der Waals surface area contributed by atoms with Crippen molar-refractivity contribution in [2.24, 2.45) is 0 Å². The molecule has 4 heteroatoms. The summed E-state index contributed by atoms with van der Waals surface area (Å²) in [6.45, 7) is 0. The summed E-state index contributed by atoms with van der Waals surface area (Å²) in [5.41, 5.74) is 3.42. The Bertz CT molecular complexity index is 484. The third-order valence-corrected chi connectivity index (χ3v) is 5.14. The highest BCUT2D eigenvalue weighted by atomic mass is 32.2. The van der Waals surface area contributed by atoms with Crippen LogP contribution in [0.2, 0.25) is 0 Å². The molecule has 2 N–H and O–H groups in total. The molecule has 0 unspecified atom stereocenters. The SMILES string of the molecule is CN(C)c1ccc2c(c1)S[C@H]1CC(=N)CC[C@@H]1N2. The number of nitrogens with zero attached hydrogens (tertiary/aromatic N) is 1. The van der Waals surface area contributed by atoms with E-state index in [1.807, 2.05) is 11.8 Å². The summed E-state index contributed by atoms with van der Waals surface area (Å²) in [6, 6.07) is 7.15. The lowest BCUT2D eigenvalue weighted by atomic mass is 9.92. The molecule has 0 saturated heterocycles. The van der Waals surface area contributed by atoms with E-state index in [-0.39, 0.29) is 0 Å². The van der Waals surface area contributed by atoms with Crippen molar-refractivity contribution in [1.82, 2.24) is 0 Å². The molecule has 1 aromatic rings. The molecule has 3 rings (SSSR count). The van der Waals surface area contributed by atoms with E-state index in [0.29, 0.717) is 11.3 Å². The second-order valence-electron chi connectivity index (χ2n) is 5.33. The van der Waals surface area contributed by atoms with E-state index in [1.54, 1.807) is 0 Å². The Morgan fingerprint density at radius 3 is 3.00 bits per heavy atom. The summed E-state index contributed by atoms with van der Waals surface area (Å²) < 4.78 is 0. The molecular weight excluding hydrogens is 242 g/mol. The first-order chi connectivity index (χ1) is 8.63. The second-order valence-corrected chi connectivity index (χ2v) is 6.61. The molecule has 0 amide bonds. The number of thioether (sulfide) groups is 1. The smallest absolute Gasteiger partial charge is 0.0482 e. The average Bonchev–Trinajstić information content (AvgIpc) is 2.35. The van der Waals surface area contributed by atoms with Gasteiger partial charge >= 0.3 is 0 Å². The maximum absolute atomic E-state index is 7.86. The number of hydrogen-bond acceptors (Lipinski definition) is 4. The zero-order valence-corrected chi connectivity index (χ0v) is 11.7. The topological polar surface area (TPSA) is 39.1 Å². The lowest BCUT2D eigenvalue weighted by Gasteiger charge is -2.38. The van der Waals surface area contributed by atoms with E-state index >= 15 is 0 Å². The summed E-state index contributed by atoms with van der Waals surface area (Å²) in [6.07, 6.45) is 3.00. The Morgan fingerprint density at radius 1 is 1.39 bits per heavy atom. The van der Waals surface area contributed by atoms with Gasteiger partial charge in [0.25, 0.3) is 0 Å². The maximum atomic E-state index is 7.86. The molecule has 1 aliphatic heterocycles. The number of rotatable bonds is 1. The van der Waals surface area contributed by atoms with Crippen LogP contribution in [0.3, 0.4) is 0 Å². The molecule has 18 heavy (non-hydrogen) atoms. The first-order valence-corrected chi connectivity index (χ1v) is 7.32. The van der Waals surface area contributed by atoms with Crippen molar-refractivity contribution in [3.63, 3.8) is 0 Å². The van der Waals surface area contributed by atoms with E-state index in [9.17, 15) is 0 Å². The summed E-state index contributed by atoms with van der Waals surface area (Å²) >= 11 is 1.95. The molecular formula is C14H19N3S. The quantitative estimate of drug-likeness (QED) is 0.815. The monoisotopic (exact) mass is 261 g/mol. The molecule has 0 aromatic heterocycles. The Kier molecular flexibility index (Phi) is 2.98. The van der Waals surface area contributed by atoms with Gasteiger partial charge in [-0.25, -0.2) is 0 Å². The molecule has 1 fully saturated rings. The van der Waals surface area contributed by atoms with E-state index in [4.69, 9.17) is 5.41 Å². The zero-order valence-electron chi connectivity index (χ0n) is 10.9. The standard InChI is InChI=1S/C14H19N3S/c1-17(2)10-4-6-12-14(8-10)18-13-7-9(15)3-5-11(13)16-12/h4,6,8,11,13,15-16H,3,5,7H2,1-2H3/t11-,13-/m0/s1. The highest BCUT2D eigenvalue weighted by molar-refractivity contribution is 8.00. The van der Waals surface area contributed by atoms with Crippen LogP contribution in [0.25, 0.3) is 0 Å². The van der Waals surface area contributed by atoms with Crippen molar-refractivity contribution < 1.29 is 0 Å². The van der Waals surface area contributed by atoms with Gasteiger partial charge in [0.15, 0.2) is 0 Å². The third-order valence-electron chi connectivity index (χ3n) is 3.75. The molecule has 1 aromatic carbocycles. The fourth-order valence-corrected chi connectivity index (χ4v) is 4.08. The van der Waals surface area contributed by atoms with Gasteiger partial charge in [-0.05, 0) is 37.5 Å². The number of hydrogen-bond donors (Lipinski definition) is 2.